The van der Waals surface area contributed by atoms with E-state index >= 15 is 0 Å². The van der Waals surface area contributed by atoms with Crippen molar-refractivity contribution >= 4 is 50.7 Å². The molecule has 4 rings (SSSR count). The van der Waals surface area contributed by atoms with Gasteiger partial charge in [0.05, 0.1) is 10.6 Å². The predicted octanol–water partition coefficient (Wildman–Crippen LogP) is 6.89. The molecule has 0 radical (unpaired) electrons. The van der Waals surface area contributed by atoms with Crippen molar-refractivity contribution in [3.63, 3.8) is 0 Å². The Kier molecular flexibility index (Phi) is 11.1. The van der Waals surface area contributed by atoms with E-state index in [0.29, 0.717) is 15.6 Å². The third-order valence-electron chi connectivity index (χ3n) is 7.73. The molecule has 3 aromatic rings. The number of benzene rings is 3. The van der Waals surface area contributed by atoms with E-state index in [9.17, 15) is 22.4 Å². The van der Waals surface area contributed by atoms with Gasteiger partial charge in [0.1, 0.15) is 18.4 Å². The maximum Gasteiger partial charge on any atom is 0.264 e. The van der Waals surface area contributed by atoms with Crippen LogP contribution in [0, 0.1) is 12.7 Å². The molecule has 43 heavy (non-hydrogen) atoms. The van der Waals surface area contributed by atoms with Crippen molar-refractivity contribution < 1.29 is 22.4 Å². The Morgan fingerprint density at radius 2 is 1.56 bits per heavy atom. The van der Waals surface area contributed by atoms with Gasteiger partial charge in [-0.05, 0) is 74.7 Å². The topological polar surface area (TPSA) is 86.8 Å². The second-order valence-electron chi connectivity index (χ2n) is 10.8. The quantitative estimate of drug-likeness (QED) is 0.245. The fourth-order valence-electron chi connectivity index (χ4n) is 5.29. The zero-order valence-electron chi connectivity index (χ0n) is 24.2. The second kappa shape index (κ2) is 14.6. The van der Waals surface area contributed by atoms with Crippen molar-refractivity contribution in [1.82, 2.24) is 10.2 Å². The van der Waals surface area contributed by atoms with Crippen LogP contribution >= 0.6 is 23.2 Å². The number of hydrogen-bond acceptors (Lipinski definition) is 4. The summed E-state index contributed by atoms with van der Waals surface area (Å²) < 4.78 is 42.6. The Bertz CT molecular complexity index is 1510. The van der Waals surface area contributed by atoms with Gasteiger partial charge in [-0.2, -0.15) is 0 Å². The zero-order chi connectivity index (χ0) is 31.1. The third-order valence-corrected chi connectivity index (χ3v) is 10.2. The molecule has 0 aliphatic heterocycles. The van der Waals surface area contributed by atoms with Gasteiger partial charge in [0.2, 0.25) is 11.8 Å². The molecule has 3 aromatic carbocycles. The Hall–Kier alpha value is -3.14. The molecule has 2 amide bonds. The van der Waals surface area contributed by atoms with Crippen LogP contribution in [-0.4, -0.2) is 43.8 Å². The van der Waals surface area contributed by atoms with Crippen LogP contribution in [-0.2, 0) is 26.2 Å². The van der Waals surface area contributed by atoms with Gasteiger partial charge >= 0.3 is 0 Å². The standard InChI is InChI=1S/C32H36Cl2FN3O4S/c1-3-30(32(40)36-24-8-5-4-6-9-24)37(20-27-28(33)10-7-11-29(27)34)31(39)21-38(25-16-14-23(35)15-17-25)43(41,42)26-18-12-22(2)13-19-26/h7,10-19,24,30H,3-6,8-9,20-21H2,1-2H3,(H,36,40)/t30-/m1/s1. The van der Waals surface area contributed by atoms with Crippen molar-refractivity contribution in [3.8, 4) is 0 Å². The number of nitrogens with zero attached hydrogens (tertiary/aromatic N) is 2. The van der Waals surface area contributed by atoms with Crippen LogP contribution in [0.15, 0.2) is 71.6 Å². The lowest BCUT2D eigenvalue weighted by Crippen LogP contribution is -2.54. The van der Waals surface area contributed by atoms with Gasteiger partial charge in [0.25, 0.3) is 10.0 Å². The molecule has 1 saturated carbocycles. The average Bonchev–Trinajstić information content (AvgIpc) is 2.98. The van der Waals surface area contributed by atoms with E-state index in [1.165, 1.54) is 29.2 Å². The molecule has 1 atom stereocenters. The number of carbonyl (C=O) groups excluding carboxylic acids is 2. The van der Waals surface area contributed by atoms with Crippen molar-refractivity contribution in [3.05, 3.63) is 93.7 Å². The van der Waals surface area contributed by atoms with E-state index in [4.69, 9.17) is 23.2 Å². The van der Waals surface area contributed by atoms with Crippen LogP contribution in [0.5, 0.6) is 0 Å². The summed E-state index contributed by atoms with van der Waals surface area (Å²) in [7, 11) is -4.27. The lowest BCUT2D eigenvalue weighted by molar-refractivity contribution is -0.140. The molecule has 7 nitrogen and oxygen atoms in total. The van der Waals surface area contributed by atoms with Gasteiger partial charge in [-0.3, -0.25) is 13.9 Å². The van der Waals surface area contributed by atoms with Gasteiger partial charge in [-0.15, -0.1) is 0 Å². The minimum absolute atomic E-state index is 0.00813. The molecule has 0 aromatic heterocycles. The highest BCUT2D eigenvalue weighted by Gasteiger charge is 2.35. The van der Waals surface area contributed by atoms with Gasteiger partial charge in [-0.25, -0.2) is 12.8 Å². The Balaban J connectivity index is 1.73. The zero-order valence-corrected chi connectivity index (χ0v) is 26.6. The lowest BCUT2D eigenvalue weighted by Gasteiger charge is -2.34. The predicted molar refractivity (Wildman–Crippen MR) is 168 cm³/mol. The summed E-state index contributed by atoms with van der Waals surface area (Å²) in [6.07, 6.45) is 5.15. The molecule has 0 bridgehead atoms. The smallest absolute Gasteiger partial charge is 0.264 e. The Morgan fingerprint density at radius 1 is 0.953 bits per heavy atom. The van der Waals surface area contributed by atoms with Crippen LogP contribution in [0.4, 0.5) is 10.1 Å². The molecular weight excluding hydrogens is 612 g/mol. The van der Waals surface area contributed by atoms with Crippen molar-refractivity contribution in [2.45, 2.75) is 75.9 Å². The summed E-state index contributed by atoms with van der Waals surface area (Å²) in [6, 6.07) is 15.1. The molecule has 1 aliphatic carbocycles. The number of sulfonamides is 1. The highest BCUT2D eigenvalue weighted by atomic mass is 35.5. The number of nitrogens with one attached hydrogen (secondary N) is 1. The van der Waals surface area contributed by atoms with Crippen LogP contribution in [0.1, 0.15) is 56.6 Å². The SMILES string of the molecule is CC[C@H](C(=O)NC1CCCCC1)N(Cc1c(Cl)cccc1Cl)C(=O)CN(c1ccc(F)cc1)S(=O)(=O)c1ccc(C)cc1. The minimum atomic E-state index is -4.27. The first kappa shape index (κ1) is 32.8. The number of hydrogen-bond donors (Lipinski definition) is 1. The summed E-state index contributed by atoms with van der Waals surface area (Å²) >= 11 is 13.0. The fourth-order valence-corrected chi connectivity index (χ4v) is 7.22. The number of aryl methyl sites for hydroxylation is 1. The summed E-state index contributed by atoms with van der Waals surface area (Å²) in [5, 5.41) is 3.73. The Morgan fingerprint density at radius 3 is 2.14 bits per heavy atom. The molecule has 1 N–H and O–H groups in total. The van der Waals surface area contributed by atoms with Crippen LogP contribution < -0.4 is 9.62 Å². The molecule has 1 aliphatic rings. The fraction of sp³-hybridized carbons (Fsp3) is 0.375. The first-order chi connectivity index (χ1) is 20.5. The van der Waals surface area contributed by atoms with E-state index < -0.39 is 34.3 Å². The Labute approximate surface area is 263 Å². The monoisotopic (exact) mass is 647 g/mol. The second-order valence-corrected chi connectivity index (χ2v) is 13.5. The largest absolute Gasteiger partial charge is 0.352 e. The molecule has 0 saturated heterocycles. The van der Waals surface area contributed by atoms with Crippen molar-refractivity contribution in [1.29, 1.82) is 0 Å². The lowest BCUT2D eigenvalue weighted by atomic mass is 9.95. The molecule has 0 unspecified atom stereocenters. The van der Waals surface area contributed by atoms with E-state index in [0.717, 1.165) is 54.1 Å². The van der Waals surface area contributed by atoms with Gasteiger partial charge in [0, 0.05) is 28.2 Å². The minimum Gasteiger partial charge on any atom is -0.352 e. The first-order valence-electron chi connectivity index (χ1n) is 14.4. The van der Waals surface area contributed by atoms with Gasteiger partial charge < -0.3 is 10.2 Å². The molecular formula is C32H36Cl2FN3O4S. The van der Waals surface area contributed by atoms with Gasteiger partial charge in [0.15, 0.2) is 0 Å². The average molecular weight is 649 g/mol. The van der Waals surface area contributed by atoms with E-state index in [2.05, 4.69) is 5.32 Å². The van der Waals surface area contributed by atoms with E-state index in [1.54, 1.807) is 37.3 Å². The van der Waals surface area contributed by atoms with E-state index in [-0.39, 0.29) is 35.5 Å². The van der Waals surface area contributed by atoms with Crippen LogP contribution in [0.3, 0.4) is 0 Å². The summed E-state index contributed by atoms with van der Waals surface area (Å²) in [5.41, 5.74) is 1.41. The molecule has 11 heteroatoms. The normalized spacial score (nSPS) is 14.6. The first-order valence-corrected chi connectivity index (χ1v) is 16.6. The van der Waals surface area contributed by atoms with Crippen LogP contribution in [0.2, 0.25) is 10.0 Å². The van der Waals surface area contributed by atoms with Gasteiger partial charge in [-0.1, -0.05) is 73.2 Å². The summed E-state index contributed by atoms with van der Waals surface area (Å²) in [6.45, 7) is 2.87. The highest BCUT2D eigenvalue weighted by molar-refractivity contribution is 7.92. The van der Waals surface area contributed by atoms with Crippen LogP contribution in [0.25, 0.3) is 0 Å². The third kappa shape index (κ3) is 8.08. The number of rotatable bonds is 11. The molecule has 230 valence electrons. The number of anilines is 1. The molecule has 0 spiro atoms. The summed E-state index contributed by atoms with van der Waals surface area (Å²) in [5.74, 6) is -1.51. The molecule has 0 heterocycles. The van der Waals surface area contributed by atoms with Crippen molar-refractivity contribution in [2.75, 3.05) is 10.8 Å². The van der Waals surface area contributed by atoms with Crippen molar-refractivity contribution in [2.24, 2.45) is 0 Å². The molecule has 1 fully saturated rings. The summed E-state index contributed by atoms with van der Waals surface area (Å²) in [4.78, 5) is 29.2. The highest BCUT2D eigenvalue weighted by Crippen LogP contribution is 2.29. The number of carbonyl (C=O) groups is 2. The maximum atomic E-state index is 14.2. The maximum absolute atomic E-state index is 14.2. The number of amides is 2. The van der Waals surface area contributed by atoms with E-state index in [1.807, 2.05) is 6.92 Å². The number of halogens is 3.